The number of unbranched alkanes of at least 4 members (excludes halogenated alkanes) is 1. The van der Waals surface area contributed by atoms with E-state index in [-0.39, 0.29) is 18.5 Å². The molecule has 0 spiro atoms. The summed E-state index contributed by atoms with van der Waals surface area (Å²) in [5.74, 6) is 1.04. The zero-order chi connectivity index (χ0) is 31.6. The van der Waals surface area contributed by atoms with E-state index in [1.54, 1.807) is 17.1 Å². The van der Waals surface area contributed by atoms with Crippen LogP contribution in [0.1, 0.15) is 36.6 Å². The molecule has 5 rings (SSSR count). The topological polar surface area (TPSA) is 119 Å². The van der Waals surface area contributed by atoms with E-state index in [1.807, 2.05) is 79.7 Å². The van der Waals surface area contributed by atoms with Crippen molar-refractivity contribution >= 4 is 39.9 Å². The van der Waals surface area contributed by atoms with E-state index in [4.69, 9.17) is 14.6 Å². The van der Waals surface area contributed by atoms with Gasteiger partial charge in [0, 0.05) is 36.6 Å². The summed E-state index contributed by atoms with van der Waals surface area (Å²) in [5, 5.41) is 15.3. The molecule has 0 saturated heterocycles. The Morgan fingerprint density at radius 2 is 1.69 bits per heavy atom. The Balaban J connectivity index is 1.29. The van der Waals surface area contributed by atoms with Crippen LogP contribution in [-0.4, -0.2) is 47.0 Å². The number of anilines is 3. The number of aryl methyl sites for hydroxylation is 2. The van der Waals surface area contributed by atoms with Crippen molar-refractivity contribution in [1.82, 2.24) is 14.8 Å². The Kier molecular flexibility index (Phi) is 10.4. The molecule has 3 amide bonds. The highest BCUT2D eigenvalue weighted by Crippen LogP contribution is 2.32. The maximum Gasteiger partial charge on any atom is 0.324 e. The third kappa shape index (κ3) is 8.04. The molecule has 0 radical (unpaired) electrons. The molecule has 0 aliphatic rings. The molecule has 0 saturated carbocycles. The number of carbonyl (C=O) groups is 2. The number of benzene rings is 3. The highest BCUT2D eigenvalue weighted by atomic mass is 16.5. The van der Waals surface area contributed by atoms with Crippen molar-refractivity contribution in [3.63, 3.8) is 0 Å². The second kappa shape index (κ2) is 15.0. The summed E-state index contributed by atoms with van der Waals surface area (Å²) in [4.78, 5) is 29.4. The molecule has 0 aliphatic heterocycles. The largest absolute Gasteiger partial charge is 0.493 e. The fourth-order valence-electron chi connectivity index (χ4n) is 5.00. The van der Waals surface area contributed by atoms with Crippen LogP contribution in [0, 0.1) is 6.92 Å². The highest BCUT2D eigenvalue weighted by Gasteiger charge is 2.15. The van der Waals surface area contributed by atoms with E-state index in [0.29, 0.717) is 36.0 Å². The molecular weight excluding hydrogens is 568 g/mol. The van der Waals surface area contributed by atoms with Crippen LogP contribution in [-0.2, 0) is 22.4 Å². The molecule has 0 unspecified atom stereocenters. The molecule has 10 nitrogen and oxygen atoms in total. The van der Waals surface area contributed by atoms with Crippen LogP contribution in [0.15, 0.2) is 85.2 Å². The van der Waals surface area contributed by atoms with Crippen LogP contribution in [0.2, 0.25) is 0 Å². The van der Waals surface area contributed by atoms with Crippen LogP contribution in [0.3, 0.4) is 0 Å². The van der Waals surface area contributed by atoms with Crippen molar-refractivity contribution in [2.45, 2.75) is 39.5 Å². The number of methoxy groups -OCH3 is 1. The third-order valence-corrected chi connectivity index (χ3v) is 7.29. The first-order chi connectivity index (χ1) is 21.9. The smallest absolute Gasteiger partial charge is 0.324 e. The second-order valence-corrected chi connectivity index (χ2v) is 10.7. The van der Waals surface area contributed by atoms with E-state index in [9.17, 15) is 9.59 Å². The SMILES string of the molecule is CCCCc1cc(NC(=O)Nc2ccc(OCCc3ccncc3NC(=O)COC)c3ccccc23)n(-c2ccc(C)cc2)n1. The number of rotatable bonds is 13. The Bertz CT molecular complexity index is 1770. The number of hydrogen-bond donors (Lipinski definition) is 3. The molecule has 0 aliphatic carbocycles. The summed E-state index contributed by atoms with van der Waals surface area (Å²) in [5.41, 5.74) is 5.13. The van der Waals surface area contributed by atoms with E-state index >= 15 is 0 Å². The Morgan fingerprint density at radius 3 is 2.47 bits per heavy atom. The summed E-state index contributed by atoms with van der Waals surface area (Å²) in [6.45, 7) is 4.52. The molecule has 5 aromatic rings. The van der Waals surface area contributed by atoms with Gasteiger partial charge in [0.05, 0.1) is 35.6 Å². The number of amides is 3. The van der Waals surface area contributed by atoms with Gasteiger partial charge in [-0.2, -0.15) is 5.10 Å². The molecule has 2 aromatic heterocycles. The fraction of sp³-hybridized carbons (Fsp3) is 0.257. The number of fused-ring (bicyclic) bond motifs is 1. The van der Waals surface area contributed by atoms with Gasteiger partial charge < -0.3 is 20.1 Å². The first-order valence-corrected chi connectivity index (χ1v) is 15.1. The van der Waals surface area contributed by atoms with E-state index in [1.165, 1.54) is 7.11 Å². The number of nitrogens with one attached hydrogen (secondary N) is 3. The predicted molar refractivity (Wildman–Crippen MR) is 177 cm³/mol. The monoisotopic (exact) mass is 606 g/mol. The van der Waals surface area contributed by atoms with Crippen LogP contribution < -0.4 is 20.7 Å². The second-order valence-electron chi connectivity index (χ2n) is 10.7. The van der Waals surface area contributed by atoms with Gasteiger partial charge in [0.1, 0.15) is 18.2 Å². The van der Waals surface area contributed by atoms with Crippen molar-refractivity contribution in [3.8, 4) is 11.4 Å². The quantitative estimate of drug-likeness (QED) is 0.134. The number of carbonyl (C=O) groups excluding carboxylic acids is 2. The van der Waals surface area contributed by atoms with E-state index < -0.39 is 0 Å². The van der Waals surface area contributed by atoms with Crippen LogP contribution >= 0.6 is 0 Å². The molecule has 2 heterocycles. The van der Waals surface area contributed by atoms with Gasteiger partial charge in [0.15, 0.2) is 0 Å². The molecule has 45 heavy (non-hydrogen) atoms. The van der Waals surface area contributed by atoms with Crippen molar-refractivity contribution in [2.75, 3.05) is 36.3 Å². The highest BCUT2D eigenvalue weighted by molar-refractivity contribution is 6.07. The third-order valence-electron chi connectivity index (χ3n) is 7.29. The lowest BCUT2D eigenvalue weighted by Crippen LogP contribution is -2.21. The van der Waals surface area contributed by atoms with Crippen molar-refractivity contribution in [3.05, 3.63) is 102 Å². The molecule has 0 bridgehead atoms. The number of hydrogen-bond acceptors (Lipinski definition) is 6. The lowest BCUT2D eigenvalue weighted by Gasteiger charge is -2.15. The van der Waals surface area contributed by atoms with Crippen LogP contribution in [0.25, 0.3) is 16.5 Å². The lowest BCUT2D eigenvalue weighted by atomic mass is 10.1. The minimum absolute atomic E-state index is 0.0361. The molecule has 0 atom stereocenters. The zero-order valence-corrected chi connectivity index (χ0v) is 25.8. The Morgan fingerprint density at radius 1 is 0.889 bits per heavy atom. The Hall–Kier alpha value is -5.22. The normalized spacial score (nSPS) is 10.9. The molecule has 3 N–H and O–H groups in total. The van der Waals surface area contributed by atoms with Gasteiger partial charge in [-0.15, -0.1) is 0 Å². The van der Waals surface area contributed by atoms with Gasteiger partial charge in [0.2, 0.25) is 5.91 Å². The minimum atomic E-state index is -0.370. The van der Waals surface area contributed by atoms with Crippen molar-refractivity contribution in [1.29, 1.82) is 0 Å². The fourth-order valence-corrected chi connectivity index (χ4v) is 5.00. The first-order valence-electron chi connectivity index (χ1n) is 15.1. The molecule has 232 valence electrons. The number of aromatic nitrogens is 3. The molecule has 10 heteroatoms. The summed E-state index contributed by atoms with van der Waals surface area (Å²) in [7, 11) is 1.47. The molecule has 0 fully saturated rings. The maximum atomic E-state index is 13.3. The van der Waals surface area contributed by atoms with Crippen molar-refractivity contribution in [2.24, 2.45) is 0 Å². The van der Waals surface area contributed by atoms with Gasteiger partial charge >= 0.3 is 6.03 Å². The van der Waals surface area contributed by atoms with E-state index in [2.05, 4.69) is 27.9 Å². The van der Waals surface area contributed by atoms with Gasteiger partial charge in [-0.25, -0.2) is 9.48 Å². The summed E-state index contributed by atoms with van der Waals surface area (Å²) in [6, 6.07) is 22.9. The van der Waals surface area contributed by atoms with Crippen LogP contribution in [0.5, 0.6) is 5.75 Å². The maximum absolute atomic E-state index is 13.3. The lowest BCUT2D eigenvalue weighted by molar-refractivity contribution is -0.119. The van der Waals surface area contributed by atoms with Crippen molar-refractivity contribution < 1.29 is 19.1 Å². The van der Waals surface area contributed by atoms with Gasteiger partial charge in [0.25, 0.3) is 0 Å². The number of pyridine rings is 1. The van der Waals surface area contributed by atoms with Gasteiger partial charge in [-0.3, -0.25) is 15.1 Å². The molecule has 3 aromatic carbocycles. The van der Waals surface area contributed by atoms with Crippen LogP contribution in [0.4, 0.5) is 22.0 Å². The average Bonchev–Trinajstić information content (AvgIpc) is 3.44. The standard InChI is InChI=1S/C35H38N6O4/c1-4-5-8-26-21-33(41(40-26)27-13-11-24(2)12-14-27)39-35(43)38-30-15-16-32(29-10-7-6-9-28(29)30)45-20-18-25-17-19-36-22-31(25)37-34(42)23-44-3/h6-7,9-17,19,21-22H,4-5,8,18,20,23H2,1-3H3,(H,37,42)(H2,38,39,43). The zero-order valence-electron chi connectivity index (χ0n) is 25.8. The number of nitrogens with zero attached hydrogens (tertiary/aromatic N) is 3. The average molecular weight is 607 g/mol. The number of ether oxygens (including phenoxy) is 2. The van der Waals surface area contributed by atoms with E-state index in [0.717, 1.165) is 52.5 Å². The Labute approximate surface area is 262 Å². The molecular formula is C35H38N6O4. The summed E-state index contributed by atoms with van der Waals surface area (Å²) in [6.07, 6.45) is 6.77. The predicted octanol–water partition coefficient (Wildman–Crippen LogP) is 6.92. The van der Waals surface area contributed by atoms with Gasteiger partial charge in [-0.1, -0.05) is 55.3 Å². The first kappa shape index (κ1) is 31.2. The van der Waals surface area contributed by atoms with Gasteiger partial charge in [-0.05, 0) is 55.7 Å². The number of urea groups is 1. The minimum Gasteiger partial charge on any atom is -0.493 e. The summed E-state index contributed by atoms with van der Waals surface area (Å²) >= 11 is 0. The summed E-state index contributed by atoms with van der Waals surface area (Å²) < 4.78 is 12.9.